The van der Waals surface area contributed by atoms with Crippen molar-refractivity contribution in [2.45, 2.75) is 58.2 Å². The molecule has 4 atom stereocenters. The normalized spacial score (nSPS) is 27.9. The summed E-state index contributed by atoms with van der Waals surface area (Å²) >= 11 is 0. The summed E-state index contributed by atoms with van der Waals surface area (Å²) in [5.74, 6) is 0.222. The monoisotopic (exact) mass is 421 g/mol. The number of carbonyl (C=O) groups is 2. The first kappa shape index (κ1) is 21.4. The third-order valence-electron chi connectivity index (χ3n) is 7.01. The Bertz CT molecular complexity index is 974. The average molecular weight is 422 g/mol. The molecule has 1 aliphatic heterocycles. The number of hydrogen-bond donors (Lipinski definition) is 3. The fourth-order valence-corrected chi connectivity index (χ4v) is 4.80. The van der Waals surface area contributed by atoms with Crippen molar-refractivity contribution in [1.29, 1.82) is 0 Å². The second-order valence-electron chi connectivity index (χ2n) is 8.85. The Labute approximate surface area is 183 Å². The third kappa shape index (κ3) is 3.69. The lowest BCUT2D eigenvalue weighted by Gasteiger charge is -2.44. The predicted molar refractivity (Wildman–Crippen MR) is 122 cm³/mol. The Morgan fingerprint density at radius 3 is 2.58 bits per heavy atom. The Hall–Kier alpha value is -2.86. The van der Waals surface area contributed by atoms with Gasteiger partial charge in [0.15, 0.2) is 0 Å². The van der Waals surface area contributed by atoms with Crippen molar-refractivity contribution in [2.24, 2.45) is 11.8 Å². The lowest BCUT2D eigenvalue weighted by Crippen LogP contribution is -2.64. The molecule has 0 spiro atoms. The van der Waals surface area contributed by atoms with E-state index in [1.54, 1.807) is 36.4 Å². The van der Waals surface area contributed by atoms with Crippen LogP contribution in [0.25, 0.3) is 0 Å². The summed E-state index contributed by atoms with van der Waals surface area (Å²) in [6.07, 6.45) is 3.90. The van der Waals surface area contributed by atoms with Crippen LogP contribution in [0.4, 0.5) is 16.2 Å². The van der Waals surface area contributed by atoms with Crippen LogP contribution < -0.4 is 15.5 Å². The molecule has 6 heteroatoms. The van der Waals surface area contributed by atoms with Gasteiger partial charge in [-0.2, -0.15) is 0 Å². The maximum absolute atomic E-state index is 13.7. The molecule has 1 heterocycles. The van der Waals surface area contributed by atoms with Gasteiger partial charge in [-0.25, -0.2) is 4.79 Å². The number of benzene rings is 2. The molecule has 0 saturated heterocycles. The van der Waals surface area contributed by atoms with Gasteiger partial charge in [0.05, 0.1) is 5.69 Å². The summed E-state index contributed by atoms with van der Waals surface area (Å²) in [5, 5.41) is 17.8. The van der Waals surface area contributed by atoms with Gasteiger partial charge in [0.2, 0.25) is 0 Å². The highest BCUT2D eigenvalue weighted by molar-refractivity contribution is 6.11. The summed E-state index contributed by atoms with van der Waals surface area (Å²) in [4.78, 5) is 28.0. The van der Waals surface area contributed by atoms with Gasteiger partial charge in [0.25, 0.3) is 11.6 Å². The molecule has 0 radical (unpaired) electrons. The highest BCUT2D eigenvalue weighted by Crippen LogP contribution is 2.40. The Morgan fingerprint density at radius 2 is 1.87 bits per heavy atom. The van der Waals surface area contributed by atoms with E-state index in [2.05, 4.69) is 31.4 Å². The maximum atomic E-state index is 13.7. The zero-order valence-electron chi connectivity index (χ0n) is 18.4. The van der Waals surface area contributed by atoms with E-state index in [1.807, 2.05) is 12.1 Å². The topological polar surface area (TPSA) is 81.7 Å². The minimum Gasteiger partial charge on any atom is -0.359 e. The molecule has 2 aromatic rings. The third-order valence-corrected chi connectivity index (χ3v) is 7.01. The van der Waals surface area contributed by atoms with E-state index in [9.17, 15) is 14.7 Å². The molecule has 0 unspecified atom stereocenters. The molecular formula is C25H31N3O3. The number of para-hydroxylation sites is 1. The maximum Gasteiger partial charge on any atom is 0.329 e. The van der Waals surface area contributed by atoms with Crippen LogP contribution in [0.1, 0.15) is 51.2 Å². The van der Waals surface area contributed by atoms with E-state index in [0.29, 0.717) is 28.8 Å². The van der Waals surface area contributed by atoms with Crippen LogP contribution in [0.3, 0.4) is 0 Å². The lowest BCUT2D eigenvalue weighted by atomic mass is 9.78. The van der Waals surface area contributed by atoms with Crippen molar-refractivity contribution in [3.05, 3.63) is 59.7 Å². The molecule has 2 aliphatic rings. The van der Waals surface area contributed by atoms with Gasteiger partial charge >= 0.3 is 6.03 Å². The SMILES string of the molecule is CCc1ccc(N2C(=O)Nc3ccccc3[C@]2(O)C(=O)N[C@H]2CCC[C@@H](C)[C@@H]2C)cc1. The van der Waals surface area contributed by atoms with Crippen molar-refractivity contribution in [1.82, 2.24) is 5.32 Å². The molecule has 31 heavy (non-hydrogen) atoms. The molecular weight excluding hydrogens is 390 g/mol. The molecule has 3 N–H and O–H groups in total. The number of urea groups is 1. The number of fused-ring (bicyclic) bond motifs is 1. The van der Waals surface area contributed by atoms with Gasteiger partial charge in [0.1, 0.15) is 0 Å². The number of amides is 3. The quantitative estimate of drug-likeness (QED) is 0.685. The Balaban J connectivity index is 1.76. The highest BCUT2D eigenvalue weighted by Gasteiger charge is 2.52. The number of aryl methyl sites for hydroxylation is 1. The molecule has 4 rings (SSSR count). The number of rotatable bonds is 4. The number of carbonyl (C=O) groups excluding carboxylic acids is 2. The summed E-state index contributed by atoms with van der Waals surface area (Å²) in [5.41, 5.74) is 0.235. The van der Waals surface area contributed by atoms with Crippen LogP contribution in [0.15, 0.2) is 48.5 Å². The largest absolute Gasteiger partial charge is 0.359 e. The molecule has 3 amide bonds. The minimum absolute atomic E-state index is 0.0401. The fraction of sp³-hybridized carbons (Fsp3) is 0.440. The van der Waals surface area contributed by atoms with E-state index in [-0.39, 0.29) is 6.04 Å². The van der Waals surface area contributed by atoms with E-state index in [1.165, 1.54) is 4.90 Å². The van der Waals surface area contributed by atoms with Crippen LogP contribution in [-0.2, 0) is 16.9 Å². The van der Waals surface area contributed by atoms with Gasteiger partial charge in [-0.3, -0.25) is 9.69 Å². The Morgan fingerprint density at radius 1 is 1.16 bits per heavy atom. The van der Waals surface area contributed by atoms with Crippen LogP contribution in [0.2, 0.25) is 0 Å². The van der Waals surface area contributed by atoms with E-state index in [4.69, 9.17) is 0 Å². The van der Waals surface area contributed by atoms with Crippen LogP contribution >= 0.6 is 0 Å². The summed E-state index contributed by atoms with van der Waals surface area (Å²) < 4.78 is 0. The van der Waals surface area contributed by atoms with Gasteiger partial charge in [-0.1, -0.05) is 63.9 Å². The molecule has 1 fully saturated rings. The Kier molecular flexibility index (Phi) is 5.75. The number of aliphatic hydroxyl groups is 1. The number of hydrogen-bond acceptors (Lipinski definition) is 3. The number of anilines is 2. The molecule has 164 valence electrons. The number of nitrogens with zero attached hydrogens (tertiary/aromatic N) is 1. The average Bonchev–Trinajstić information content (AvgIpc) is 2.77. The van der Waals surface area contributed by atoms with E-state index >= 15 is 0 Å². The first-order chi connectivity index (χ1) is 14.9. The molecule has 0 bridgehead atoms. The van der Waals surface area contributed by atoms with Crippen molar-refractivity contribution in [3.63, 3.8) is 0 Å². The van der Waals surface area contributed by atoms with Crippen molar-refractivity contribution in [2.75, 3.05) is 10.2 Å². The van der Waals surface area contributed by atoms with Crippen molar-refractivity contribution >= 4 is 23.3 Å². The molecule has 1 saturated carbocycles. The van der Waals surface area contributed by atoms with Gasteiger partial charge < -0.3 is 15.7 Å². The zero-order chi connectivity index (χ0) is 22.2. The van der Waals surface area contributed by atoms with Crippen molar-refractivity contribution in [3.8, 4) is 0 Å². The predicted octanol–water partition coefficient (Wildman–Crippen LogP) is 4.39. The fourth-order valence-electron chi connectivity index (χ4n) is 4.80. The lowest BCUT2D eigenvalue weighted by molar-refractivity contribution is -0.141. The van der Waals surface area contributed by atoms with E-state index in [0.717, 1.165) is 31.2 Å². The summed E-state index contributed by atoms with van der Waals surface area (Å²) in [7, 11) is 0. The van der Waals surface area contributed by atoms with Crippen molar-refractivity contribution < 1.29 is 14.7 Å². The highest BCUT2D eigenvalue weighted by atomic mass is 16.3. The van der Waals surface area contributed by atoms with E-state index < -0.39 is 17.7 Å². The van der Waals surface area contributed by atoms with Gasteiger partial charge in [0, 0.05) is 17.3 Å². The summed E-state index contributed by atoms with van der Waals surface area (Å²) in [6.45, 7) is 6.39. The minimum atomic E-state index is -2.15. The van der Waals surface area contributed by atoms with Crippen LogP contribution in [-0.4, -0.2) is 23.1 Å². The smallest absolute Gasteiger partial charge is 0.329 e. The van der Waals surface area contributed by atoms with Crippen LogP contribution in [0.5, 0.6) is 0 Å². The molecule has 6 nitrogen and oxygen atoms in total. The standard InChI is InChI=1S/C25H31N3O3/c1-4-18-12-14-19(15-13-18)28-24(30)27-22-10-6-5-9-20(22)25(28,31)23(29)26-21-11-7-8-16(2)17(21)3/h5-6,9-10,12-17,21,31H,4,7-8,11H2,1-3H3,(H,26,29)(H,27,30)/t16-,17+,21+,25+/m1/s1. The zero-order valence-corrected chi connectivity index (χ0v) is 18.4. The first-order valence-corrected chi connectivity index (χ1v) is 11.2. The second kappa shape index (κ2) is 8.35. The summed E-state index contributed by atoms with van der Waals surface area (Å²) in [6, 6.07) is 13.7. The van der Waals surface area contributed by atoms with Gasteiger partial charge in [-0.15, -0.1) is 0 Å². The van der Waals surface area contributed by atoms with Gasteiger partial charge in [-0.05, 0) is 48.4 Å². The first-order valence-electron chi connectivity index (χ1n) is 11.2. The second-order valence-corrected chi connectivity index (χ2v) is 8.85. The molecule has 0 aromatic heterocycles. The molecule has 2 aromatic carbocycles. The molecule has 1 aliphatic carbocycles. The van der Waals surface area contributed by atoms with Crippen LogP contribution in [0, 0.1) is 11.8 Å². The number of nitrogens with one attached hydrogen (secondary N) is 2.